The van der Waals surface area contributed by atoms with Gasteiger partial charge in [0.2, 0.25) is 17.7 Å². The number of nitrogens with one attached hydrogen (secondary N) is 3. The molecule has 0 heterocycles. The molecule has 1 fully saturated rings. The van der Waals surface area contributed by atoms with Crippen molar-refractivity contribution < 1.29 is 19.1 Å². The molecule has 0 saturated heterocycles. The van der Waals surface area contributed by atoms with E-state index in [0.717, 1.165) is 0 Å². The van der Waals surface area contributed by atoms with Crippen LogP contribution in [0.3, 0.4) is 0 Å². The number of rotatable bonds is 7. The molecule has 23 heavy (non-hydrogen) atoms. The number of amides is 3. The van der Waals surface area contributed by atoms with Crippen LogP contribution in [0.25, 0.3) is 0 Å². The van der Waals surface area contributed by atoms with Crippen LogP contribution >= 0.6 is 0 Å². The van der Waals surface area contributed by atoms with Gasteiger partial charge in [0, 0.05) is 32.0 Å². The molecule has 3 amide bonds. The van der Waals surface area contributed by atoms with Gasteiger partial charge in [-0.1, -0.05) is 0 Å². The second kappa shape index (κ2) is 7.23. The first kappa shape index (κ1) is 17.0. The average molecular weight is 319 g/mol. The minimum Gasteiger partial charge on any atom is -0.383 e. The number of carbonyl (C=O) groups is 3. The van der Waals surface area contributed by atoms with Crippen LogP contribution < -0.4 is 16.0 Å². The molecule has 7 nitrogen and oxygen atoms in total. The highest BCUT2D eigenvalue weighted by atomic mass is 16.5. The van der Waals surface area contributed by atoms with E-state index in [0.29, 0.717) is 37.4 Å². The topological polar surface area (TPSA) is 96.5 Å². The van der Waals surface area contributed by atoms with Gasteiger partial charge in [-0.05, 0) is 37.1 Å². The third kappa shape index (κ3) is 4.29. The van der Waals surface area contributed by atoms with Gasteiger partial charge in [0.25, 0.3) is 0 Å². The van der Waals surface area contributed by atoms with E-state index in [-0.39, 0.29) is 17.7 Å². The molecular formula is C16H21N3O4. The molecule has 1 aliphatic rings. The summed E-state index contributed by atoms with van der Waals surface area (Å²) in [5.74, 6) is -0.729. The quantitative estimate of drug-likeness (QED) is 0.518. The van der Waals surface area contributed by atoms with Crippen molar-refractivity contribution in [1.82, 2.24) is 5.32 Å². The Balaban J connectivity index is 1.93. The molecule has 0 aromatic heterocycles. The Morgan fingerprint density at radius 2 is 1.61 bits per heavy atom. The highest BCUT2D eigenvalue weighted by Crippen LogP contribution is 2.46. The molecule has 124 valence electrons. The highest BCUT2D eigenvalue weighted by molar-refractivity contribution is 6.13. The number of anilines is 2. The zero-order chi connectivity index (χ0) is 16.9. The van der Waals surface area contributed by atoms with Gasteiger partial charge < -0.3 is 20.7 Å². The van der Waals surface area contributed by atoms with Crippen LogP contribution in [0.1, 0.15) is 19.8 Å². The first-order chi connectivity index (χ1) is 11.0. The van der Waals surface area contributed by atoms with Gasteiger partial charge in [-0.2, -0.15) is 0 Å². The number of carbonyl (C=O) groups excluding carboxylic acids is 3. The predicted octanol–water partition coefficient (Wildman–Crippen LogP) is 1.13. The maximum absolute atomic E-state index is 12.4. The fourth-order valence-corrected chi connectivity index (χ4v) is 2.21. The molecule has 1 aliphatic carbocycles. The van der Waals surface area contributed by atoms with Gasteiger partial charge in [0.15, 0.2) is 0 Å². The molecule has 0 atom stereocenters. The summed E-state index contributed by atoms with van der Waals surface area (Å²) in [4.78, 5) is 35.5. The van der Waals surface area contributed by atoms with E-state index in [9.17, 15) is 14.4 Å². The minimum absolute atomic E-state index is 0.161. The Morgan fingerprint density at radius 1 is 1.04 bits per heavy atom. The van der Waals surface area contributed by atoms with Crippen LogP contribution in [0.5, 0.6) is 0 Å². The predicted molar refractivity (Wildman–Crippen MR) is 85.9 cm³/mol. The fraction of sp³-hybridized carbons (Fsp3) is 0.438. The third-order valence-electron chi connectivity index (χ3n) is 3.67. The summed E-state index contributed by atoms with van der Waals surface area (Å²) in [6.07, 6.45) is 1.09. The first-order valence-corrected chi connectivity index (χ1v) is 7.44. The number of benzene rings is 1. The molecule has 0 radical (unpaired) electrons. The van der Waals surface area contributed by atoms with E-state index in [1.54, 1.807) is 31.4 Å². The highest BCUT2D eigenvalue weighted by Gasteiger charge is 2.56. The van der Waals surface area contributed by atoms with Crippen molar-refractivity contribution in [1.29, 1.82) is 0 Å². The molecule has 1 saturated carbocycles. The van der Waals surface area contributed by atoms with Crippen LogP contribution in [-0.2, 0) is 19.1 Å². The molecule has 1 aromatic carbocycles. The molecule has 0 unspecified atom stereocenters. The zero-order valence-electron chi connectivity index (χ0n) is 13.3. The Morgan fingerprint density at radius 3 is 2.09 bits per heavy atom. The van der Waals surface area contributed by atoms with Gasteiger partial charge in [-0.15, -0.1) is 0 Å². The lowest BCUT2D eigenvalue weighted by Gasteiger charge is -2.15. The van der Waals surface area contributed by atoms with Crippen LogP contribution in [0, 0.1) is 5.41 Å². The largest absolute Gasteiger partial charge is 0.383 e. The second-order valence-electron chi connectivity index (χ2n) is 5.54. The molecule has 7 heteroatoms. The summed E-state index contributed by atoms with van der Waals surface area (Å²) in [6.45, 7) is 2.22. The average Bonchev–Trinajstić information content (AvgIpc) is 3.30. The van der Waals surface area contributed by atoms with Crippen molar-refractivity contribution in [2.45, 2.75) is 19.8 Å². The van der Waals surface area contributed by atoms with E-state index < -0.39 is 5.41 Å². The Labute approximate surface area is 134 Å². The maximum Gasteiger partial charge on any atom is 0.240 e. The number of ether oxygens (including phenoxy) is 1. The summed E-state index contributed by atoms with van der Waals surface area (Å²) < 4.78 is 4.87. The van der Waals surface area contributed by atoms with E-state index in [4.69, 9.17) is 4.74 Å². The Hall–Kier alpha value is -2.41. The van der Waals surface area contributed by atoms with Crippen LogP contribution in [0.4, 0.5) is 11.4 Å². The van der Waals surface area contributed by atoms with E-state index in [1.165, 1.54) is 6.92 Å². The molecule has 2 rings (SSSR count). The van der Waals surface area contributed by atoms with Gasteiger partial charge in [0.05, 0.1) is 6.61 Å². The first-order valence-electron chi connectivity index (χ1n) is 7.44. The fourth-order valence-electron chi connectivity index (χ4n) is 2.21. The monoisotopic (exact) mass is 319 g/mol. The Kier molecular flexibility index (Phi) is 5.33. The normalized spacial score (nSPS) is 14.7. The van der Waals surface area contributed by atoms with E-state index in [2.05, 4.69) is 16.0 Å². The second-order valence-corrected chi connectivity index (χ2v) is 5.54. The molecular weight excluding hydrogens is 298 g/mol. The maximum atomic E-state index is 12.4. The Bertz CT molecular complexity index is 594. The summed E-state index contributed by atoms with van der Waals surface area (Å²) in [7, 11) is 1.55. The lowest BCUT2D eigenvalue weighted by atomic mass is 10.1. The number of hydrogen-bond donors (Lipinski definition) is 3. The van der Waals surface area contributed by atoms with Crippen molar-refractivity contribution in [2.75, 3.05) is 30.9 Å². The molecule has 0 aliphatic heterocycles. The minimum atomic E-state index is -0.968. The third-order valence-corrected chi connectivity index (χ3v) is 3.67. The lowest BCUT2D eigenvalue weighted by Crippen LogP contribution is -2.41. The lowest BCUT2D eigenvalue weighted by molar-refractivity contribution is -0.134. The van der Waals surface area contributed by atoms with Crippen molar-refractivity contribution >= 4 is 29.1 Å². The van der Waals surface area contributed by atoms with Gasteiger partial charge in [0.1, 0.15) is 5.41 Å². The summed E-state index contributed by atoms with van der Waals surface area (Å²) in [5, 5.41) is 8.11. The molecule has 1 aromatic rings. The van der Waals surface area contributed by atoms with Crippen LogP contribution in [0.2, 0.25) is 0 Å². The molecule has 0 spiro atoms. The summed E-state index contributed by atoms with van der Waals surface area (Å²) >= 11 is 0. The molecule has 3 N–H and O–H groups in total. The van der Waals surface area contributed by atoms with E-state index in [1.807, 2.05) is 0 Å². The molecule has 0 bridgehead atoms. The van der Waals surface area contributed by atoms with Gasteiger partial charge in [-0.3, -0.25) is 14.4 Å². The van der Waals surface area contributed by atoms with Gasteiger partial charge in [-0.25, -0.2) is 0 Å². The van der Waals surface area contributed by atoms with Crippen LogP contribution in [0.15, 0.2) is 24.3 Å². The van der Waals surface area contributed by atoms with E-state index >= 15 is 0 Å². The van der Waals surface area contributed by atoms with Crippen molar-refractivity contribution in [2.24, 2.45) is 5.41 Å². The standard InChI is InChI=1S/C16H21N3O4/c1-11(20)18-12-3-5-13(6-4-12)19-15(22)16(7-8-16)14(21)17-9-10-23-2/h3-6H,7-10H2,1-2H3,(H,17,21)(H,18,20)(H,19,22). The number of hydrogen-bond acceptors (Lipinski definition) is 4. The van der Waals surface area contributed by atoms with Crippen molar-refractivity contribution in [3.8, 4) is 0 Å². The summed E-state index contributed by atoms with van der Waals surface area (Å²) in [5.41, 5.74) is 0.262. The van der Waals surface area contributed by atoms with Crippen molar-refractivity contribution in [3.05, 3.63) is 24.3 Å². The smallest absolute Gasteiger partial charge is 0.240 e. The van der Waals surface area contributed by atoms with Crippen LogP contribution in [-0.4, -0.2) is 38.0 Å². The summed E-state index contributed by atoms with van der Waals surface area (Å²) in [6, 6.07) is 6.74. The SMILES string of the molecule is COCCNC(=O)C1(C(=O)Nc2ccc(NC(C)=O)cc2)CC1. The number of methoxy groups -OCH3 is 1. The zero-order valence-corrected chi connectivity index (χ0v) is 13.3. The van der Waals surface area contributed by atoms with Gasteiger partial charge >= 0.3 is 0 Å². The van der Waals surface area contributed by atoms with Crippen molar-refractivity contribution in [3.63, 3.8) is 0 Å².